The molecule has 0 aromatic heterocycles. The van der Waals surface area contributed by atoms with Crippen LogP contribution in [0.2, 0.25) is 0 Å². The van der Waals surface area contributed by atoms with E-state index in [1.807, 2.05) is 0 Å². The summed E-state index contributed by atoms with van der Waals surface area (Å²) in [5.74, 6) is -0.488. The zero-order chi connectivity index (χ0) is 23.4. The molecule has 174 valence electrons. The van der Waals surface area contributed by atoms with E-state index in [0.717, 1.165) is 23.6 Å². The Morgan fingerprint density at radius 1 is 0.906 bits per heavy atom. The molecule has 0 aliphatic carbocycles. The summed E-state index contributed by atoms with van der Waals surface area (Å²) < 4.78 is 57.8. The predicted octanol–water partition coefficient (Wildman–Crippen LogP) is 2.40. The first kappa shape index (κ1) is 24.4. The van der Waals surface area contributed by atoms with Crippen LogP contribution in [0.4, 0.5) is 0 Å². The van der Waals surface area contributed by atoms with Crippen LogP contribution >= 0.6 is 0 Å². The van der Waals surface area contributed by atoms with Gasteiger partial charge in [-0.05, 0) is 48.2 Å². The lowest BCUT2D eigenvalue weighted by Gasteiger charge is -2.25. The second-order valence-corrected chi connectivity index (χ2v) is 12.0. The zero-order valence-corrected chi connectivity index (χ0v) is 19.9. The van der Waals surface area contributed by atoms with Gasteiger partial charge in [0.2, 0.25) is 20.0 Å². The molecule has 2 aromatic rings. The molecule has 0 radical (unpaired) electrons. The van der Waals surface area contributed by atoms with Crippen molar-refractivity contribution in [2.75, 3.05) is 27.2 Å². The van der Waals surface area contributed by atoms with Crippen molar-refractivity contribution in [3.8, 4) is 0 Å². The van der Waals surface area contributed by atoms with E-state index >= 15 is 0 Å². The number of hydrogen-bond donors (Lipinski definition) is 0. The molecule has 0 amide bonds. The third kappa shape index (κ3) is 5.74. The monoisotopic (exact) mass is 480 g/mol. The van der Waals surface area contributed by atoms with Crippen molar-refractivity contribution in [3.05, 3.63) is 59.7 Å². The van der Waals surface area contributed by atoms with Gasteiger partial charge < -0.3 is 4.74 Å². The second-order valence-electron chi connectivity index (χ2n) is 7.88. The average molecular weight is 481 g/mol. The minimum absolute atomic E-state index is 0.0142. The normalized spacial score (nSPS) is 15.6. The Labute approximate surface area is 189 Å². The summed E-state index contributed by atoms with van der Waals surface area (Å²) in [5, 5.41) is 0. The molecule has 0 spiro atoms. The molecule has 0 bridgehead atoms. The summed E-state index contributed by atoms with van der Waals surface area (Å²) in [7, 11) is -4.18. The summed E-state index contributed by atoms with van der Waals surface area (Å²) in [5.41, 5.74) is 1.20. The number of benzene rings is 2. The van der Waals surface area contributed by atoms with Crippen molar-refractivity contribution < 1.29 is 26.4 Å². The van der Waals surface area contributed by atoms with Gasteiger partial charge in [-0.25, -0.2) is 21.1 Å². The molecule has 0 atom stereocenters. The van der Waals surface area contributed by atoms with Crippen LogP contribution in [0, 0.1) is 0 Å². The van der Waals surface area contributed by atoms with Gasteiger partial charge in [-0.15, -0.1) is 0 Å². The topological polar surface area (TPSA) is 101 Å². The third-order valence-electron chi connectivity index (χ3n) is 5.30. The predicted molar refractivity (Wildman–Crippen MR) is 120 cm³/mol. The van der Waals surface area contributed by atoms with Gasteiger partial charge in [0.15, 0.2) is 0 Å². The largest absolute Gasteiger partial charge is 0.461 e. The average Bonchev–Trinajstić information content (AvgIpc) is 2.79. The lowest BCUT2D eigenvalue weighted by atomic mass is 10.1. The highest BCUT2D eigenvalue weighted by Gasteiger charge is 2.25. The second kappa shape index (κ2) is 10.1. The molecule has 1 saturated heterocycles. The van der Waals surface area contributed by atoms with Crippen LogP contribution in [0.3, 0.4) is 0 Å². The molecule has 2 aromatic carbocycles. The molecule has 1 aliphatic heterocycles. The number of nitrogens with zero attached hydrogens (tertiary/aromatic N) is 2. The van der Waals surface area contributed by atoms with Crippen LogP contribution in [0.5, 0.6) is 0 Å². The molecule has 1 heterocycles. The number of carbonyl (C=O) groups excluding carboxylic acids is 1. The lowest BCUT2D eigenvalue weighted by Crippen LogP contribution is -2.35. The Balaban J connectivity index is 1.59. The van der Waals surface area contributed by atoms with Crippen molar-refractivity contribution in [1.29, 1.82) is 0 Å². The molecule has 1 fully saturated rings. The summed E-state index contributed by atoms with van der Waals surface area (Å²) in [4.78, 5) is 12.6. The van der Waals surface area contributed by atoms with Crippen LogP contribution in [0.25, 0.3) is 0 Å². The number of sulfonamides is 2. The van der Waals surface area contributed by atoms with Crippen LogP contribution in [-0.2, 0) is 42.6 Å². The van der Waals surface area contributed by atoms with E-state index in [0.29, 0.717) is 24.2 Å². The van der Waals surface area contributed by atoms with Gasteiger partial charge in [0, 0.05) is 27.2 Å². The third-order valence-corrected chi connectivity index (χ3v) is 9.03. The Bertz CT molecular complexity index is 1150. The van der Waals surface area contributed by atoms with Crippen LogP contribution in [-0.4, -0.2) is 58.6 Å². The van der Waals surface area contributed by atoms with Crippen molar-refractivity contribution in [3.63, 3.8) is 0 Å². The quantitative estimate of drug-likeness (QED) is 0.538. The van der Waals surface area contributed by atoms with E-state index < -0.39 is 26.0 Å². The van der Waals surface area contributed by atoms with E-state index in [9.17, 15) is 21.6 Å². The van der Waals surface area contributed by atoms with E-state index in [4.69, 9.17) is 4.74 Å². The highest BCUT2D eigenvalue weighted by molar-refractivity contribution is 7.89. The van der Waals surface area contributed by atoms with Crippen LogP contribution in [0.15, 0.2) is 58.3 Å². The number of carbonyl (C=O) groups is 1. The standard InChI is InChI=1S/C22H28N2O6S2/c1-23(2)31(26,27)21-8-6-7-19(15-21)17-30-22(25)16-18-9-11-20(12-10-18)32(28,29)24-13-4-3-5-14-24/h6-12,15H,3-5,13-14,16-17H2,1-2H3. The molecule has 3 rings (SSSR count). The van der Waals surface area contributed by atoms with Gasteiger partial charge in [0.25, 0.3) is 0 Å². The Hall–Kier alpha value is -2.27. The van der Waals surface area contributed by atoms with Gasteiger partial charge in [-0.3, -0.25) is 4.79 Å². The molecular formula is C22H28N2O6S2. The highest BCUT2D eigenvalue weighted by atomic mass is 32.2. The molecule has 32 heavy (non-hydrogen) atoms. The number of esters is 1. The maximum Gasteiger partial charge on any atom is 0.310 e. The summed E-state index contributed by atoms with van der Waals surface area (Å²) in [6, 6.07) is 12.5. The van der Waals surface area contributed by atoms with E-state index in [-0.39, 0.29) is 22.8 Å². The van der Waals surface area contributed by atoms with Crippen LogP contribution < -0.4 is 0 Å². The van der Waals surface area contributed by atoms with Crippen molar-refractivity contribution >= 4 is 26.0 Å². The molecule has 8 nitrogen and oxygen atoms in total. The smallest absolute Gasteiger partial charge is 0.310 e. The fraction of sp³-hybridized carbons (Fsp3) is 0.409. The molecule has 0 saturated carbocycles. The van der Waals surface area contributed by atoms with Gasteiger partial charge in [-0.1, -0.05) is 30.7 Å². The Morgan fingerprint density at radius 2 is 1.56 bits per heavy atom. The fourth-order valence-corrected chi connectivity index (χ4v) is 5.91. The first-order valence-electron chi connectivity index (χ1n) is 10.4. The number of ether oxygens (including phenoxy) is 1. The van der Waals surface area contributed by atoms with Gasteiger partial charge in [0.05, 0.1) is 16.2 Å². The van der Waals surface area contributed by atoms with Crippen molar-refractivity contribution in [2.45, 2.75) is 42.1 Å². The van der Waals surface area contributed by atoms with E-state index in [1.165, 1.54) is 42.7 Å². The first-order chi connectivity index (χ1) is 15.1. The SMILES string of the molecule is CN(C)S(=O)(=O)c1cccc(COC(=O)Cc2ccc(S(=O)(=O)N3CCCCC3)cc2)c1. The minimum Gasteiger partial charge on any atom is -0.461 e. The lowest BCUT2D eigenvalue weighted by molar-refractivity contribution is -0.144. The van der Waals surface area contributed by atoms with E-state index in [1.54, 1.807) is 24.3 Å². The highest BCUT2D eigenvalue weighted by Crippen LogP contribution is 2.21. The number of hydrogen-bond acceptors (Lipinski definition) is 6. The summed E-state index contributed by atoms with van der Waals surface area (Å²) in [6.07, 6.45) is 2.77. The van der Waals surface area contributed by atoms with Gasteiger partial charge >= 0.3 is 5.97 Å². The van der Waals surface area contributed by atoms with Gasteiger partial charge in [-0.2, -0.15) is 4.31 Å². The maximum atomic E-state index is 12.7. The Morgan fingerprint density at radius 3 is 2.19 bits per heavy atom. The summed E-state index contributed by atoms with van der Waals surface area (Å²) in [6.45, 7) is 1.01. The van der Waals surface area contributed by atoms with Gasteiger partial charge in [0.1, 0.15) is 6.61 Å². The molecule has 0 N–H and O–H groups in total. The van der Waals surface area contributed by atoms with Crippen molar-refractivity contribution in [2.24, 2.45) is 0 Å². The molecule has 0 unspecified atom stereocenters. The number of piperidine rings is 1. The van der Waals surface area contributed by atoms with Crippen molar-refractivity contribution in [1.82, 2.24) is 8.61 Å². The number of rotatable bonds is 8. The molecule has 10 heteroatoms. The van der Waals surface area contributed by atoms with E-state index in [2.05, 4.69) is 0 Å². The minimum atomic E-state index is -3.57. The fourth-order valence-electron chi connectivity index (χ4n) is 3.42. The molecule has 1 aliphatic rings. The maximum absolute atomic E-state index is 12.7. The molecular weight excluding hydrogens is 452 g/mol. The zero-order valence-electron chi connectivity index (χ0n) is 18.2. The van der Waals surface area contributed by atoms with Crippen LogP contribution in [0.1, 0.15) is 30.4 Å². The Kier molecular flexibility index (Phi) is 7.71. The summed E-state index contributed by atoms with van der Waals surface area (Å²) >= 11 is 0. The first-order valence-corrected chi connectivity index (χ1v) is 13.2.